The molecular weight excluding hydrogens is 408 g/mol. The second-order valence-electron chi connectivity index (χ2n) is 12.3. The molecule has 0 unspecified atom stereocenters. The molecule has 9 atom stereocenters. The summed E-state index contributed by atoms with van der Waals surface area (Å²) >= 11 is 0. The maximum absolute atomic E-state index is 12.2. The van der Waals surface area contributed by atoms with E-state index in [1.165, 1.54) is 27.2 Å². The monoisotopic (exact) mass is 446 g/mol. The summed E-state index contributed by atoms with van der Waals surface area (Å²) in [5.74, 6) is 1.40. The van der Waals surface area contributed by atoms with Gasteiger partial charge >= 0.3 is 17.9 Å². The van der Waals surface area contributed by atoms with Gasteiger partial charge in [0, 0.05) is 37.0 Å². The minimum absolute atomic E-state index is 0.0177. The molecule has 32 heavy (non-hydrogen) atoms. The molecule has 0 aromatic rings. The summed E-state index contributed by atoms with van der Waals surface area (Å²) in [7, 11) is 0. The van der Waals surface area contributed by atoms with Crippen LogP contribution < -0.4 is 0 Å². The van der Waals surface area contributed by atoms with E-state index in [1.807, 2.05) is 0 Å². The number of hydrogen-bond donors (Lipinski definition) is 0. The molecule has 6 aliphatic carbocycles. The van der Waals surface area contributed by atoms with Gasteiger partial charge < -0.3 is 14.2 Å². The van der Waals surface area contributed by atoms with E-state index in [-0.39, 0.29) is 45.7 Å². The van der Waals surface area contributed by atoms with E-state index in [1.54, 1.807) is 0 Å². The van der Waals surface area contributed by atoms with Crippen LogP contribution >= 0.6 is 0 Å². The first kappa shape index (κ1) is 22.2. The fourth-order valence-electron chi connectivity index (χ4n) is 9.66. The van der Waals surface area contributed by atoms with Crippen LogP contribution in [-0.2, 0) is 28.6 Å². The number of esters is 3. The lowest BCUT2D eigenvalue weighted by atomic mass is 9.39. The van der Waals surface area contributed by atoms with Gasteiger partial charge in [-0.05, 0) is 67.6 Å². The first-order chi connectivity index (χ1) is 15.0. The minimum Gasteiger partial charge on any atom is -0.465 e. The van der Waals surface area contributed by atoms with Crippen molar-refractivity contribution in [1.29, 1.82) is 0 Å². The highest BCUT2D eigenvalue weighted by atomic mass is 16.5. The number of rotatable bonds is 5. The maximum atomic E-state index is 12.2. The first-order valence-corrected chi connectivity index (χ1v) is 12.4. The molecule has 0 heterocycles. The minimum atomic E-state index is -0.227. The van der Waals surface area contributed by atoms with Crippen molar-refractivity contribution in [3.63, 3.8) is 0 Å². The van der Waals surface area contributed by atoms with Gasteiger partial charge in [0.25, 0.3) is 0 Å². The van der Waals surface area contributed by atoms with Crippen LogP contribution in [0.4, 0.5) is 0 Å². The van der Waals surface area contributed by atoms with E-state index >= 15 is 0 Å². The number of carbonyl (C=O) groups excluding carboxylic acids is 3. The molecule has 0 aliphatic heterocycles. The molecule has 0 radical (unpaired) electrons. The Labute approximate surface area is 191 Å². The Hall–Kier alpha value is -1.59. The van der Waals surface area contributed by atoms with Gasteiger partial charge in [-0.15, -0.1) is 0 Å². The molecule has 6 aliphatic rings. The van der Waals surface area contributed by atoms with Crippen molar-refractivity contribution in [2.24, 2.45) is 45.3 Å². The average Bonchev–Trinajstić information content (AvgIpc) is 3.19. The molecule has 6 heteroatoms. The molecule has 1 spiro atoms. The number of fused-ring (bicyclic) bond motifs is 1. The molecule has 0 aromatic heterocycles. The summed E-state index contributed by atoms with van der Waals surface area (Å²) in [6.07, 6.45) is 7.32. The smallest absolute Gasteiger partial charge is 0.302 e. The third-order valence-electron chi connectivity index (χ3n) is 10.7. The molecule has 0 aromatic carbocycles. The van der Waals surface area contributed by atoms with Crippen LogP contribution in [0.5, 0.6) is 0 Å². The Morgan fingerprint density at radius 1 is 0.844 bits per heavy atom. The molecule has 6 saturated carbocycles. The predicted molar refractivity (Wildman–Crippen MR) is 116 cm³/mol. The van der Waals surface area contributed by atoms with Crippen molar-refractivity contribution in [3.8, 4) is 0 Å². The van der Waals surface area contributed by atoms with Crippen molar-refractivity contribution in [1.82, 2.24) is 0 Å². The molecule has 6 fully saturated rings. The van der Waals surface area contributed by atoms with E-state index < -0.39 is 0 Å². The van der Waals surface area contributed by atoms with E-state index in [0.29, 0.717) is 36.9 Å². The predicted octanol–water partition coefficient (Wildman–Crippen LogP) is 4.29. The quantitative estimate of drug-likeness (QED) is 0.463. The van der Waals surface area contributed by atoms with Crippen LogP contribution in [0.25, 0.3) is 0 Å². The lowest BCUT2D eigenvalue weighted by Gasteiger charge is -2.67. The summed E-state index contributed by atoms with van der Waals surface area (Å²) < 4.78 is 17.2. The molecular formula is C26H38O6. The summed E-state index contributed by atoms with van der Waals surface area (Å²) in [6, 6.07) is 0. The van der Waals surface area contributed by atoms with Gasteiger partial charge in [-0.1, -0.05) is 20.3 Å². The zero-order valence-electron chi connectivity index (χ0n) is 20.2. The Kier molecular flexibility index (Phi) is 4.83. The van der Waals surface area contributed by atoms with Crippen molar-refractivity contribution >= 4 is 17.9 Å². The van der Waals surface area contributed by atoms with Crippen LogP contribution in [0.1, 0.15) is 79.6 Å². The molecule has 6 nitrogen and oxygen atoms in total. The van der Waals surface area contributed by atoms with Gasteiger partial charge in [-0.3, -0.25) is 14.4 Å². The molecule has 4 bridgehead atoms. The van der Waals surface area contributed by atoms with Crippen LogP contribution in [0.15, 0.2) is 0 Å². The van der Waals surface area contributed by atoms with Gasteiger partial charge in [0.15, 0.2) is 0 Å². The lowest BCUT2D eigenvalue weighted by molar-refractivity contribution is -0.231. The fraction of sp³-hybridized carbons (Fsp3) is 0.885. The zero-order chi connectivity index (χ0) is 23.1. The van der Waals surface area contributed by atoms with E-state index in [2.05, 4.69) is 13.8 Å². The lowest BCUT2D eigenvalue weighted by Crippen LogP contribution is -2.64. The van der Waals surface area contributed by atoms with E-state index in [4.69, 9.17) is 14.2 Å². The molecule has 178 valence electrons. The third kappa shape index (κ3) is 2.93. The van der Waals surface area contributed by atoms with Crippen molar-refractivity contribution < 1.29 is 28.6 Å². The molecule has 6 rings (SSSR count). The second-order valence-corrected chi connectivity index (χ2v) is 12.3. The standard InChI is InChI=1S/C26H38O6/c1-15(27)30-13-23(4)7-6-8-24(5)20(23)10-22(32-17(3)29)25-11-19-18(9-21(24)25)26(19,12-25)14-31-16(2)28/h18-22H,6-14H2,1-5H3/t18-,19-,20-,21+,22+,23-,24-,25-,26-/m1/s1. The van der Waals surface area contributed by atoms with Gasteiger partial charge in [-0.25, -0.2) is 0 Å². The Balaban J connectivity index is 1.49. The van der Waals surface area contributed by atoms with Gasteiger partial charge in [-0.2, -0.15) is 0 Å². The Bertz CT molecular complexity index is 853. The number of hydrogen-bond acceptors (Lipinski definition) is 6. The highest BCUT2D eigenvalue weighted by Crippen LogP contribution is 2.86. The van der Waals surface area contributed by atoms with Crippen molar-refractivity contribution in [2.45, 2.75) is 85.7 Å². The number of carbonyl (C=O) groups is 3. The number of ether oxygens (including phenoxy) is 3. The van der Waals surface area contributed by atoms with Crippen LogP contribution in [0, 0.1) is 45.3 Å². The largest absolute Gasteiger partial charge is 0.465 e. The highest BCUT2D eigenvalue weighted by molar-refractivity contribution is 5.67. The third-order valence-corrected chi connectivity index (χ3v) is 10.7. The summed E-state index contributed by atoms with van der Waals surface area (Å²) in [5.41, 5.74) is 0.123. The van der Waals surface area contributed by atoms with Crippen LogP contribution in [0.2, 0.25) is 0 Å². The van der Waals surface area contributed by atoms with E-state index in [0.717, 1.165) is 38.5 Å². The first-order valence-electron chi connectivity index (χ1n) is 12.4. The van der Waals surface area contributed by atoms with Gasteiger partial charge in [0.1, 0.15) is 6.10 Å². The maximum Gasteiger partial charge on any atom is 0.302 e. The summed E-state index contributed by atoms with van der Waals surface area (Å²) in [6.45, 7) is 10.2. The summed E-state index contributed by atoms with van der Waals surface area (Å²) in [5, 5.41) is 0. The van der Waals surface area contributed by atoms with Crippen LogP contribution in [0.3, 0.4) is 0 Å². The normalized spacial score (nSPS) is 50.0. The van der Waals surface area contributed by atoms with E-state index in [9.17, 15) is 14.4 Å². The Morgan fingerprint density at radius 2 is 1.53 bits per heavy atom. The van der Waals surface area contributed by atoms with Crippen molar-refractivity contribution in [2.75, 3.05) is 13.2 Å². The zero-order valence-corrected chi connectivity index (χ0v) is 20.2. The Morgan fingerprint density at radius 3 is 2.19 bits per heavy atom. The molecule has 0 saturated heterocycles. The topological polar surface area (TPSA) is 78.9 Å². The van der Waals surface area contributed by atoms with Crippen LogP contribution in [-0.4, -0.2) is 37.2 Å². The molecule has 0 amide bonds. The summed E-state index contributed by atoms with van der Waals surface area (Å²) in [4.78, 5) is 35.4. The SMILES string of the molecule is CC(=O)OC[C@@]1(C)CCC[C@]2(C)[C@@H]1C[C@H](OC(C)=O)[C@@]13C[C@@H]4[C@@H](C[C@@H]21)[C@]4(COC(C)=O)C3. The van der Waals surface area contributed by atoms with Gasteiger partial charge in [0.05, 0.1) is 13.2 Å². The molecule has 0 N–H and O–H groups in total. The van der Waals surface area contributed by atoms with Gasteiger partial charge in [0.2, 0.25) is 0 Å². The fourth-order valence-corrected chi connectivity index (χ4v) is 9.66. The highest BCUT2D eigenvalue weighted by Gasteiger charge is 2.82. The van der Waals surface area contributed by atoms with Crippen molar-refractivity contribution in [3.05, 3.63) is 0 Å². The second kappa shape index (κ2) is 6.96. The average molecular weight is 447 g/mol.